The van der Waals surface area contributed by atoms with Crippen molar-refractivity contribution >= 4 is 17.8 Å². The fourth-order valence-electron chi connectivity index (χ4n) is 1.42. The summed E-state index contributed by atoms with van der Waals surface area (Å²) < 4.78 is 4.66. The van der Waals surface area contributed by atoms with E-state index in [-0.39, 0.29) is 24.3 Å². The Labute approximate surface area is 93.9 Å². The van der Waals surface area contributed by atoms with Crippen LogP contribution < -0.4 is 5.32 Å². The summed E-state index contributed by atoms with van der Waals surface area (Å²) in [6, 6.07) is 0. The number of esters is 1. The Morgan fingerprint density at radius 2 is 2.00 bits per heavy atom. The molecule has 1 rings (SSSR count). The highest BCUT2D eigenvalue weighted by molar-refractivity contribution is 5.86. The van der Waals surface area contributed by atoms with Gasteiger partial charge in [0.05, 0.1) is 12.5 Å². The van der Waals surface area contributed by atoms with Crippen molar-refractivity contribution in [3.63, 3.8) is 0 Å². The highest BCUT2D eigenvalue weighted by Crippen LogP contribution is 2.14. The standard InChI is InChI=1S/C10H16N2O4/c1-3-16-9(14)4-11-10(15)8-5-12(6-8)7(2)13/h8H,3-6H2,1-2H3,(H,11,15). The van der Waals surface area contributed by atoms with Crippen LogP contribution in [0.5, 0.6) is 0 Å². The van der Waals surface area contributed by atoms with E-state index >= 15 is 0 Å². The van der Waals surface area contributed by atoms with E-state index in [9.17, 15) is 14.4 Å². The zero-order chi connectivity index (χ0) is 12.1. The molecule has 6 nitrogen and oxygen atoms in total. The Kier molecular flexibility index (Phi) is 4.28. The number of rotatable bonds is 4. The van der Waals surface area contributed by atoms with Crippen molar-refractivity contribution in [3.05, 3.63) is 0 Å². The molecule has 0 unspecified atom stereocenters. The molecule has 0 bridgehead atoms. The number of amides is 2. The van der Waals surface area contributed by atoms with E-state index < -0.39 is 5.97 Å². The fraction of sp³-hybridized carbons (Fsp3) is 0.700. The molecule has 1 N–H and O–H groups in total. The third-order valence-corrected chi connectivity index (χ3v) is 2.41. The third kappa shape index (κ3) is 3.22. The van der Waals surface area contributed by atoms with E-state index in [0.717, 1.165) is 0 Å². The van der Waals surface area contributed by atoms with Gasteiger partial charge in [-0.15, -0.1) is 0 Å². The van der Waals surface area contributed by atoms with Crippen LogP contribution in [0.15, 0.2) is 0 Å². The number of hydrogen-bond donors (Lipinski definition) is 1. The van der Waals surface area contributed by atoms with Crippen LogP contribution >= 0.6 is 0 Å². The Morgan fingerprint density at radius 3 is 2.50 bits per heavy atom. The molecule has 90 valence electrons. The summed E-state index contributed by atoms with van der Waals surface area (Å²) in [5.41, 5.74) is 0. The lowest BCUT2D eigenvalue weighted by Crippen LogP contribution is -2.55. The van der Waals surface area contributed by atoms with Gasteiger partial charge >= 0.3 is 5.97 Å². The monoisotopic (exact) mass is 228 g/mol. The molecule has 16 heavy (non-hydrogen) atoms. The minimum absolute atomic E-state index is 0.0329. The lowest BCUT2D eigenvalue weighted by Gasteiger charge is -2.37. The Bertz CT molecular complexity index is 297. The van der Waals surface area contributed by atoms with Crippen LogP contribution in [0.3, 0.4) is 0 Å². The van der Waals surface area contributed by atoms with Crippen molar-refractivity contribution in [1.29, 1.82) is 0 Å². The smallest absolute Gasteiger partial charge is 0.325 e. The van der Waals surface area contributed by atoms with Crippen LogP contribution in [0.4, 0.5) is 0 Å². The van der Waals surface area contributed by atoms with Crippen molar-refractivity contribution in [3.8, 4) is 0 Å². The zero-order valence-corrected chi connectivity index (χ0v) is 9.49. The molecule has 0 atom stereocenters. The van der Waals surface area contributed by atoms with E-state index in [1.165, 1.54) is 6.92 Å². The topological polar surface area (TPSA) is 75.7 Å². The van der Waals surface area contributed by atoms with Gasteiger partial charge in [0.25, 0.3) is 0 Å². The minimum Gasteiger partial charge on any atom is -0.465 e. The lowest BCUT2D eigenvalue weighted by atomic mass is 9.99. The van der Waals surface area contributed by atoms with E-state index in [1.54, 1.807) is 11.8 Å². The summed E-state index contributed by atoms with van der Waals surface area (Å²) >= 11 is 0. The first kappa shape index (κ1) is 12.5. The van der Waals surface area contributed by atoms with Gasteiger partial charge in [-0.3, -0.25) is 14.4 Å². The summed E-state index contributed by atoms with van der Waals surface area (Å²) in [6.45, 7) is 4.23. The van der Waals surface area contributed by atoms with Crippen molar-refractivity contribution in [1.82, 2.24) is 10.2 Å². The third-order valence-electron chi connectivity index (χ3n) is 2.41. The molecule has 1 fully saturated rings. The van der Waals surface area contributed by atoms with E-state index in [1.807, 2.05) is 0 Å². The molecule has 0 aromatic rings. The molecule has 1 aliphatic rings. The number of nitrogens with zero attached hydrogens (tertiary/aromatic N) is 1. The molecule has 0 aliphatic carbocycles. The number of hydrogen-bond acceptors (Lipinski definition) is 4. The van der Waals surface area contributed by atoms with Gasteiger partial charge in [-0.05, 0) is 6.92 Å². The highest BCUT2D eigenvalue weighted by Gasteiger charge is 2.33. The van der Waals surface area contributed by atoms with Crippen LogP contribution in [0.1, 0.15) is 13.8 Å². The average Bonchev–Trinajstić information content (AvgIpc) is 2.12. The molecule has 0 aromatic carbocycles. The summed E-state index contributed by atoms with van der Waals surface area (Å²) in [5.74, 6) is -0.878. The van der Waals surface area contributed by atoms with Crippen molar-refractivity contribution in [2.75, 3.05) is 26.2 Å². The zero-order valence-electron chi connectivity index (χ0n) is 9.49. The van der Waals surface area contributed by atoms with E-state index in [2.05, 4.69) is 10.1 Å². The normalized spacial score (nSPS) is 15.2. The quantitative estimate of drug-likeness (QED) is 0.635. The minimum atomic E-state index is -0.446. The number of carbonyl (C=O) groups is 3. The number of nitrogens with one attached hydrogen (secondary N) is 1. The molecule has 0 radical (unpaired) electrons. The lowest BCUT2D eigenvalue weighted by molar-refractivity contribution is -0.146. The molecule has 1 heterocycles. The number of carbonyl (C=O) groups excluding carboxylic acids is 3. The molecular formula is C10H16N2O4. The maximum atomic E-state index is 11.4. The van der Waals surface area contributed by atoms with E-state index in [0.29, 0.717) is 19.7 Å². The van der Waals surface area contributed by atoms with Crippen LogP contribution in [0.25, 0.3) is 0 Å². The second kappa shape index (κ2) is 5.48. The van der Waals surface area contributed by atoms with Gasteiger partial charge in [-0.25, -0.2) is 0 Å². The first-order chi connectivity index (χ1) is 7.54. The second-order valence-corrected chi connectivity index (χ2v) is 3.64. The summed E-state index contributed by atoms with van der Waals surface area (Å²) in [7, 11) is 0. The van der Waals surface area contributed by atoms with Crippen LogP contribution in [0.2, 0.25) is 0 Å². The Balaban J connectivity index is 2.18. The molecule has 6 heteroatoms. The maximum absolute atomic E-state index is 11.4. The van der Waals surface area contributed by atoms with Gasteiger partial charge in [-0.1, -0.05) is 0 Å². The molecule has 2 amide bonds. The molecule has 0 spiro atoms. The molecular weight excluding hydrogens is 212 g/mol. The number of likely N-dealkylation sites (tertiary alicyclic amines) is 1. The predicted octanol–water partition coefficient (Wildman–Crippen LogP) is -0.856. The van der Waals surface area contributed by atoms with Crippen LogP contribution in [-0.4, -0.2) is 48.9 Å². The second-order valence-electron chi connectivity index (χ2n) is 3.64. The summed E-state index contributed by atoms with van der Waals surface area (Å²) in [5, 5.41) is 2.48. The van der Waals surface area contributed by atoms with Crippen LogP contribution in [0, 0.1) is 5.92 Å². The van der Waals surface area contributed by atoms with E-state index in [4.69, 9.17) is 0 Å². The summed E-state index contributed by atoms with van der Waals surface area (Å²) in [4.78, 5) is 34.8. The SMILES string of the molecule is CCOC(=O)CNC(=O)C1CN(C(C)=O)C1. The Hall–Kier alpha value is -1.59. The average molecular weight is 228 g/mol. The fourth-order valence-corrected chi connectivity index (χ4v) is 1.42. The van der Waals surface area contributed by atoms with Gasteiger partial charge in [0.15, 0.2) is 0 Å². The Morgan fingerprint density at radius 1 is 1.38 bits per heavy atom. The number of ether oxygens (including phenoxy) is 1. The molecule has 0 aromatic heterocycles. The maximum Gasteiger partial charge on any atom is 0.325 e. The largest absolute Gasteiger partial charge is 0.465 e. The van der Waals surface area contributed by atoms with Gasteiger partial charge in [-0.2, -0.15) is 0 Å². The van der Waals surface area contributed by atoms with Gasteiger partial charge < -0.3 is 15.0 Å². The van der Waals surface area contributed by atoms with Crippen molar-refractivity contribution in [2.45, 2.75) is 13.8 Å². The first-order valence-electron chi connectivity index (χ1n) is 5.23. The molecule has 1 saturated heterocycles. The predicted molar refractivity (Wildman–Crippen MR) is 55.4 cm³/mol. The van der Waals surface area contributed by atoms with Gasteiger partial charge in [0.1, 0.15) is 6.54 Å². The van der Waals surface area contributed by atoms with Crippen LogP contribution in [-0.2, 0) is 19.1 Å². The van der Waals surface area contributed by atoms with Gasteiger partial charge in [0, 0.05) is 20.0 Å². The first-order valence-corrected chi connectivity index (χ1v) is 5.23. The highest BCUT2D eigenvalue weighted by atomic mass is 16.5. The molecule has 1 aliphatic heterocycles. The van der Waals surface area contributed by atoms with Crippen molar-refractivity contribution in [2.24, 2.45) is 5.92 Å². The van der Waals surface area contributed by atoms with Crippen molar-refractivity contribution < 1.29 is 19.1 Å². The molecule has 0 saturated carbocycles. The van der Waals surface area contributed by atoms with Gasteiger partial charge in [0.2, 0.25) is 11.8 Å². The summed E-state index contributed by atoms with van der Waals surface area (Å²) in [6.07, 6.45) is 0.